The Morgan fingerprint density at radius 3 is 2.74 bits per heavy atom. The monoisotopic (exact) mass is 310 g/mol. The molecule has 0 saturated heterocycles. The van der Waals surface area contributed by atoms with Crippen LogP contribution in [0.1, 0.15) is 18.1 Å². The molecule has 4 nitrogen and oxygen atoms in total. The third-order valence-corrected chi connectivity index (χ3v) is 3.51. The molecule has 0 N–H and O–H groups in total. The predicted molar refractivity (Wildman–Crippen MR) is 87.3 cm³/mol. The Bertz CT molecular complexity index is 789. The van der Waals surface area contributed by atoms with Gasteiger partial charge < -0.3 is 13.9 Å². The van der Waals surface area contributed by atoms with Gasteiger partial charge in [-0.25, -0.2) is 0 Å². The van der Waals surface area contributed by atoms with Crippen LogP contribution in [0.5, 0.6) is 5.75 Å². The first kappa shape index (κ1) is 15.2. The first-order valence-electron chi connectivity index (χ1n) is 7.58. The van der Waals surface area contributed by atoms with E-state index in [4.69, 9.17) is 13.9 Å². The van der Waals surface area contributed by atoms with Gasteiger partial charge in [0, 0.05) is 10.9 Å². The first-order valence-corrected chi connectivity index (χ1v) is 7.58. The summed E-state index contributed by atoms with van der Waals surface area (Å²) >= 11 is 0. The van der Waals surface area contributed by atoms with Crippen LogP contribution in [0.15, 0.2) is 59.2 Å². The Morgan fingerprint density at radius 2 is 1.96 bits per heavy atom. The summed E-state index contributed by atoms with van der Waals surface area (Å²) in [6, 6.07) is 15.6. The molecule has 0 atom stereocenters. The van der Waals surface area contributed by atoms with Crippen molar-refractivity contribution in [2.45, 2.75) is 20.0 Å². The van der Waals surface area contributed by atoms with E-state index < -0.39 is 0 Å². The maximum absolute atomic E-state index is 11.7. The van der Waals surface area contributed by atoms with Gasteiger partial charge in [0.15, 0.2) is 0 Å². The van der Waals surface area contributed by atoms with Crippen LogP contribution in [0, 0.1) is 0 Å². The van der Waals surface area contributed by atoms with Gasteiger partial charge in [-0.1, -0.05) is 30.3 Å². The summed E-state index contributed by atoms with van der Waals surface area (Å²) in [4.78, 5) is 11.7. The number of ether oxygens (including phenoxy) is 2. The fourth-order valence-corrected chi connectivity index (χ4v) is 2.40. The highest BCUT2D eigenvalue weighted by Crippen LogP contribution is 2.27. The average molecular weight is 310 g/mol. The summed E-state index contributed by atoms with van der Waals surface area (Å²) in [5, 5.41) is 0.878. The minimum Gasteiger partial charge on any atom is -0.489 e. The highest BCUT2D eigenvalue weighted by atomic mass is 16.5. The van der Waals surface area contributed by atoms with Gasteiger partial charge in [-0.05, 0) is 30.7 Å². The van der Waals surface area contributed by atoms with Crippen LogP contribution < -0.4 is 4.74 Å². The normalized spacial score (nSPS) is 10.7. The second-order valence-corrected chi connectivity index (χ2v) is 5.17. The Labute approximate surface area is 134 Å². The summed E-state index contributed by atoms with van der Waals surface area (Å²) < 4.78 is 16.3. The molecule has 1 heterocycles. The van der Waals surface area contributed by atoms with Crippen molar-refractivity contribution in [1.82, 2.24) is 0 Å². The molecule has 0 saturated carbocycles. The van der Waals surface area contributed by atoms with Crippen molar-refractivity contribution in [3.63, 3.8) is 0 Å². The Hall–Kier alpha value is -2.75. The molecule has 2 aromatic carbocycles. The van der Waals surface area contributed by atoms with Crippen molar-refractivity contribution in [2.75, 3.05) is 6.61 Å². The van der Waals surface area contributed by atoms with Gasteiger partial charge in [0.05, 0.1) is 19.3 Å². The number of furan rings is 1. The van der Waals surface area contributed by atoms with E-state index in [-0.39, 0.29) is 12.4 Å². The summed E-state index contributed by atoms with van der Waals surface area (Å²) in [6.07, 6.45) is 1.80. The number of fused-ring (bicyclic) bond motifs is 1. The molecule has 4 heteroatoms. The topological polar surface area (TPSA) is 48.7 Å². The van der Waals surface area contributed by atoms with Crippen molar-refractivity contribution >= 4 is 16.9 Å². The second kappa shape index (κ2) is 7.01. The Balaban J connectivity index is 1.76. The third kappa shape index (κ3) is 3.72. The van der Waals surface area contributed by atoms with Crippen molar-refractivity contribution in [3.8, 4) is 5.75 Å². The van der Waals surface area contributed by atoms with E-state index in [0.29, 0.717) is 13.2 Å². The van der Waals surface area contributed by atoms with Crippen molar-refractivity contribution in [2.24, 2.45) is 0 Å². The molecule has 0 fully saturated rings. The maximum atomic E-state index is 11.7. The molecule has 0 spiro atoms. The van der Waals surface area contributed by atoms with Crippen LogP contribution in [0.25, 0.3) is 11.0 Å². The van der Waals surface area contributed by atoms with Gasteiger partial charge in [0.25, 0.3) is 0 Å². The highest BCUT2D eigenvalue weighted by Gasteiger charge is 2.12. The van der Waals surface area contributed by atoms with Crippen LogP contribution in [0.3, 0.4) is 0 Å². The molecular weight excluding hydrogens is 292 g/mol. The first-order chi connectivity index (χ1) is 11.3. The molecule has 3 aromatic rings. The van der Waals surface area contributed by atoms with E-state index in [0.717, 1.165) is 27.8 Å². The van der Waals surface area contributed by atoms with E-state index in [2.05, 4.69) is 0 Å². The molecule has 0 unspecified atom stereocenters. The van der Waals surface area contributed by atoms with E-state index in [1.54, 1.807) is 13.2 Å². The molecule has 0 aliphatic heterocycles. The molecule has 23 heavy (non-hydrogen) atoms. The van der Waals surface area contributed by atoms with Gasteiger partial charge in [0.1, 0.15) is 17.9 Å². The predicted octanol–water partition coefficient (Wildman–Crippen LogP) is 4.12. The molecule has 0 radical (unpaired) electrons. The lowest BCUT2D eigenvalue weighted by Gasteiger charge is -2.06. The van der Waals surface area contributed by atoms with E-state index >= 15 is 0 Å². The van der Waals surface area contributed by atoms with Crippen LogP contribution in [-0.4, -0.2) is 12.6 Å². The number of carbonyl (C=O) groups is 1. The zero-order valence-electron chi connectivity index (χ0n) is 13.0. The van der Waals surface area contributed by atoms with Gasteiger partial charge in [-0.2, -0.15) is 0 Å². The fraction of sp³-hybridized carbons (Fsp3) is 0.211. The summed E-state index contributed by atoms with van der Waals surface area (Å²) in [5.74, 6) is 0.485. The molecule has 0 bridgehead atoms. The Morgan fingerprint density at radius 1 is 1.13 bits per heavy atom. The van der Waals surface area contributed by atoms with Crippen LogP contribution >= 0.6 is 0 Å². The minimum absolute atomic E-state index is 0.197. The second-order valence-electron chi connectivity index (χ2n) is 5.17. The maximum Gasteiger partial charge on any atom is 0.310 e. The van der Waals surface area contributed by atoms with E-state index in [1.165, 1.54) is 0 Å². The van der Waals surface area contributed by atoms with E-state index in [9.17, 15) is 4.79 Å². The number of esters is 1. The highest BCUT2D eigenvalue weighted by molar-refractivity contribution is 5.86. The zero-order chi connectivity index (χ0) is 16.1. The molecule has 0 amide bonds. The lowest BCUT2D eigenvalue weighted by molar-refractivity contribution is -0.142. The quantitative estimate of drug-likeness (QED) is 0.643. The SMILES string of the molecule is CCOC(=O)Cc1coc2ccc(OCc3ccccc3)cc12. The van der Waals surface area contributed by atoms with Crippen molar-refractivity contribution in [3.05, 3.63) is 65.9 Å². The fourth-order valence-electron chi connectivity index (χ4n) is 2.40. The number of benzene rings is 2. The lowest BCUT2D eigenvalue weighted by atomic mass is 10.1. The molecule has 0 aliphatic rings. The zero-order valence-corrected chi connectivity index (χ0v) is 13.0. The Kier molecular flexibility index (Phi) is 4.62. The minimum atomic E-state index is -0.259. The standard InChI is InChI=1S/C19H18O4/c1-2-21-19(20)10-15-13-23-18-9-8-16(11-17(15)18)22-12-14-6-4-3-5-7-14/h3-9,11,13H,2,10,12H2,1H3. The van der Waals surface area contributed by atoms with Crippen LogP contribution in [0.4, 0.5) is 0 Å². The van der Waals surface area contributed by atoms with Gasteiger partial charge >= 0.3 is 5.97 Å². The summed E-state index contributed by atoms with van der Waals surface area (Å²) in [5.41, 5.74) is 2.64. The van der Waals surface area contributed by atoms with Crippen LogP contribution in [-0.2, 0) is 22.6 Å². The van der Waals surface area contributed by atoms with Gasteiger partial charge in [0.2, 0.25) is 0 Å². The average Bonchev–Trinajstić information content (AvgIpc) is 2.96. The summed E-state index contributed by atoms with van der Waals surface area (Å²) in [6.45, 7) is 2.67. The number of carbonyl (C=O) groups excluding carboxylic acids is 1. The lowest BCUT2D eigenvalue weighted by Crippen LogP contribution is -2.06. The van der Waals surface area contributed by atoms with Crippen molar-refractivity contribution < 1.29 is 18.7 Å². The smallest absolute Gasteiger partial charge is 0.310 e. The van der Waals surface area contributed by atoms with Gasteiger partial charge in [-0.3, -0.25) is 4.79 Å². The van der Waals surface area contributed by atoms with E-state index in [1.807, 2.05) is 48.5 Å². The molecule has 3 rings (SSSR count). The van der Waals surface area contributed by atoms with Crippen LogP contribution in [0.2, 0.25) is 0 Å². The number of hydrogen-bond donors (Lipinski definition) is 0. The number of hydrogen-bond acceptors (Lipinski definition) is 4. The number of rotatable bonds is 6. The largest absolute Gasteiger partial charge is 0.489 e. The van der Waals surface area contributed by atoms with Gasteiger partial charge in [-0.15, -0.1) is 0 Å². The molecular formula is C19H18O4. The molecule has 118 valence electrons. The van der Waals surface area contributed by atoms with Crippen molar-refractivity contribution in [1.29, 1.82) is 0 Å². The molecule has 0 aliphatic carbocycles. The third-order valence-electron chi connectivity index (χ3n) is 3.51. The molecule has 1 aromatic heterocycles. The summed E-state index contributed by atoms with van der Waals surface area (Å²) in [7, 11) is 0.